The third kappa shape index (κ3) is 5.75. The fourth-order valence-electron chi connectivity index (χ4n) is 0.608. The van der Waals surface area contributed by atoms with E-state index in [2.05, 4.69) is 11.3 Å². The van der Waals surface area contributed by atoms with E-state index in [1.807, 2.05) is 0 Å². The lowest BCUT2D eigenvalue weighted by Crippen LogP contribution is -2.44. The molecule has 0 aliphatic heterocycles. The van der Waals surface area contributed by atoms with Crippen LogP contribution in [0.25, 0.3) is 0 Å². The zero-order chi connectivity index (χ0) is 10.5. The third-order valence-electron chi connectivity index (χ3n) is 1.50. The van der Waals surface area contributed by atoms with Crippen molar-refractivity contribution in [2.45, 2.75) is 19.1 Å². The number of nitrogens with two attached hydrogens (primary N) is 1. The van der Waals surface area contributed by atoms with Crippen LogP contribution < -0.4 is 10.5 Å². The SMILES string of the molecule is C=CCS(=O)(=O)NCC(N)C(C)O. The van der Waals surface area contributed by atoms with Crippen molar-refractivity contribution in [3.63, 3.8) is 0 Å². The van der Waals surface area contributed by atoms with Crippen molar-refractivity contribution in [2.24, 2.45) is 5.73 Å². The molecule has 0 aliphatic carbocycles. The first-order valence-electron chi connectivity index (χ1n) is 3.91. The Labute approximate surface area is 78.7 Å². The lowest BCUT2D eigenvalue weighted by molar-refractivity contribution is 0.164. The summed E-state index contributed by atoms with van der Waals surface area (Å²) in [6, 6.07) is -0.584. The Morgan fingerprint density at radius 2 is 2.23 bits per heavy atom. The Balaban J connectivity index is 3.95. The molecule has 6 heteroatoms. The van der Waals surface area contributed by atoms with Gasteiger partial charge in [0.05, 0.1) is 11.9 Å². The molecule has 0 rings (SSSR count). The molecule has 2 atom stereocenters. The molecule has 0 saturated heterocycles. The van der Waals surface area contributed by atoms with E-state index < -0.39 is 22.2 Å². The van der Waals surface area contributed by atoms with Crippen molar-refractivity contribution in [2.75, 3.05) is 12.3 Å². The quantitative estimate of drug-likeness (QED) is 0.478. The second-order valence-corrected chi connectivity index (χ2v) is 4.67. The molecule has 0 bridgehead atoms. The van der Waals surface area contributed by atoms with Crippen LogP contribution in [0.4, 0.5) is 0 Å². The highest BCUT2D eigenvalue weighted by Crippen LogP contribution is 1.89. The molecule has 78 valence electrons. The highest BCUT2D eigenvalue weighted by atomic mass is 32.2. The summed E-state index contributed by atoms with van der Waals surface area (Å²) in [4.78, 5) is 0. The van der Waals surface area contributed by atoms with Gasteiger partial charge in [0.1, 0.15) is 0 Å². The molecule has 0 fully saturated rings. The van der Waals surface area contributed by atoms with E-state index in [0.717, 1.165) is 0 Å². The Morgan fingerprint density at radius 1 is 1.69 bits per heavy atom. The van der Waals surface area contributed by atoms with Crippen molar-refractivity contribution in [1.29, 1.82) is 0 Å². The van der Waals surface area contributed by atoms with E-state index in [9.17, 15) is 8.42 Å². The molecule has 13 heavy (non-hydrogen) atoms. The maximum Gasteiger partial charge on any atom is 0.215 e. The fourth-order valence-corrected chi connectivity index (χ4v) is 1.48. The molecule has 0 heterocycles. The highest BCUT2D eigenvalue weighted by Gasteiger charge is 2.13. The van der Waals surface area contributed by atoms with Gasteiger partial charge in [-0.25, -0.2) is 13.1 Å². The number of aliphatic hydroxyl groups is 1. The molecular formula is C7H16N2O3S. The van der Waals surface area contributed by atoms with Crippen LogP contribution in [0.2, 0.25) is 0 Å². The van der Waals surface area contributed by atoms with E-state index in [-0.39, 0.29) is 12.3 Å². The van der Waals surface area contributed by atoms with Crippen LogP contribution >= 0.6 is 0 Å². The number of aliphatic hydroxyl groups excluding tert-OH is 1. The first-order valence-corrected chi connectivity index (χ1v) is 5.56. The van der Waals surface area contributed by atoms with E-state index in [1.165, 1.54) is 13.0 Å². The molecule has 2 unspecified atom stereocenters. The van der Waals surface area contributed by atoms with Gasteiger partial charge < -0.3 is 10.8 Å². The first-order chi connectivity index (χ1) is 5.89. The van der Waals surface area contributed by atoms with Gasteiger partial charge in [0, 0.05) is 12.6 Å². The smallest absolute Gasteiger partial charge is 0.215 e. The molecule has 0 radical (unpaired) electrons. The van der Waals surface area contributed by atoms with Crippen LogP contribution in [0, 0.1) is 0 Å². The summed E-state index contributed by atoms with van der Waals surface area (Å²) in [7, 11) is -3.32. The highest BCUT2D eigenvalue weighted by molar-refractivity contribution is 7.89. The largest absolute Gasteiger partial charge is 0.392 e. The number of hydrogen-bond acceptors (Lipinski definition) is 4. The van der Waals surface area contributed by atoms with Gasteiger partial charge in [-0.1, -0.05) is 6.08 Å². The predicted molar refractivity (Wildman–Crippen MR) is 51.6 cm³/mol. The normalized spacial score (nSPS) is 16.5. The van der Waals surface area contributed by atoms with Crippen LogP contribution in [0.1, 0.15) is 6.92 Å². The minimum absolute atomic E-state index is 0.0356. The fraction of sp³-hybridized carbons (Fsp3) is 0.714. The van der Waals surface area contributed by atoms with Crippen LogP contribution in [-0.4, -0.2) is 38.0 Å². The standard InChI is InChI=1S/C7H16N2O3S/c1-3-4-13(11,12)9-5-7(8)6(2)10/h3,6-7,9-10H,1,4-5,8H2,2H3. The van der Waals surface area contributed by atoms with Gasteiger partial charge in [0.15, 0.2) is 0 Å². The third-order valence-corrected chi connectivity index (χ3v) is 2.78. The topological polar surface area (TPSA) is 92.4 Å². The average molecular weight is 208 g/mol. The van der Waals surface area contributed by atoms with E-state index in [4.69, 9.17) is 10.8 Å². The maximum absolute atomic E-state index is 11.0. The second-order valence-electron chi connectivity index (χ2n) is 2.82. The van der Waals surface area contributed by atoms with Gasteiger partial charge in [0.2, 0.25) is 10.0 Å². The zero-order valence-electron chi connectivity index (χ0n) is 7.60. The Morgan fingerprint density at radius 3 is 2.62 bits per heavy atom. The summed E-state index contributed by atoms with van der Waals surface area (Å²) in [5.74, 6) is -0.139. The molecule has 5 nitrogen and oxygen atoms in total. The molecule has 0 aromatic rings. The van der Waals surface area contributed by atoms with Crippen LogP contribution in [0.3, 0.4) is 0 Å². The molecule has 4 N–H and O–H groups in total. The van der Waals surface area contributed by atoms with Gasteiger partial charge >= 0.3 is 0 Å². The Kier molecular flexibility index (Phi) is 5.16. The van der Waals surface area contributed by atoms with Crippen LogP contribution in [0.15, 0.2) is 12.7 Å². The zero-order valence-corrected chi connectivity index (χ0v) is 8.42. The molecule has 0 aromatic carbocycles. The second kappa shape index (κ2) is 5.33. The monoisotopic (exact) mass is 208 g/mol. The minimum Gasteiger partial charge on any atom is -0.392 e. The average Bonchev–Trinajstić information content (AvgIpc) is 2.00. The van der Waals surface area contributed by atoms with Crippen molar-refractivity contribution in [3.8, 4) is 0 Å². The number of rotatable bonds is 6. The molecule has 0 amide bonds. The minimum atomic E-state index is -3.32. The van der Waals surface area contributed by atoms with Gasteiger partial charge in [-0.3, -0.25) is 0 Å². The molecule has 0 spiro atoms. The summed E-state index contributed by atoms with van der Waals surface area (Å²) in [5, 5.41) is 8.97. The number of sulfonamides is 1. The Bertz CT molecular complexity index is 248. The van der Waals surface area contributed by atoms with Gasteiger partial charge in [-0.05, 0) is 6.92 Å². The summed E-state index contributed by atoms with van der Waals surface area (Å²) >= 11 is 0. The Hall–Kier alpha value is -0.430. The van der Waals surface area contributed by atoms with Crippen molar-refractivity contribution >= 4 is 10.0 Å². The van der Waals surface area contributed by atoms with Gasteiger partial charge in [0.25, 0.3) is 0 Å². The summed E-state index contributed by atoms with van der Waals surface area (Å²) < 4.78 is 24.3. The first kappa shape index (κ1) is 12.6. The van der Waals surface area contributed by atoms with E-state index >= 15 is 0 Å². The maximum atomic E-state index is 11.0. The van der Waals surface area contributed by atoms with Crippen LogP contribution in [-0.2, 0) is 10.0 Å². The summed E-state index contributed by atoms with van der Waals surface area (Å²) in [6.07, 6.45) is 0.558. The summed E-state index contributed by atoms with van der Waals surface area (Å²) in [5.41, 5.74) is 5.42. The molecule has 0 aliphatic rings. The lowest BCUT2D eigenvalue weighted by Gasteiger charge is -2.14. The number of hydrogen-bond donors (Lipinski definition) is 3. The lowest BCUT2D eigenvalue weighted by atomic mass is 10.2. The van der Waals surface area contributed by atoms with Crippen molar-refractivity contribution in [3.05, 3.63) is 12.7 Å². The molecule has 0 aromatic heterocycles. The van der Waals surface area contributed by atoms with Gasteiger partial charge in [-0.2, -0.15) is 0 Å². The van der Waals surface area contributed by atoms with E-state index in [0.29, 0.717) is 0 Å². The molecule has 0 saturated carbocycles. The predicted octanol–water partition coefficient (Wildman–Crippen LogP) is -1.20. The summed E-state index contributed by atoms with van der Waals surface area (Å²) in [6.45, 7) is 4.85. The van der Waals surface area contributed by atoms with Crippen LogP contribution in [0.5, 0.6) is 0 Å². The van der Waals surface area contributed by atoms with Gasteiger partial charge in [-0.15, -0.1) is 6.58 Å². The van der Waals surface area contributed by atoms with E-state index in [1.54, 1.807) is 0 Å². The molecular weight excluding hydrogens is 192 g/mol. The number of nitrogens with one attached hydrogen (secondary N) is 1. The van der Waals surface area contributed by atoms with Crippen molar-refractivity contribution in [1.82, 2.24) is 4.72 Å². The van der Waals surface area contributed by atoms with Crippen molar-refractivity contribution < 1.29 is 13.5 Å².